The Kier molecular flexibility index (Phi) is 4.28. The lowest BCUT2D eigenvalue weighted by molar-refractivity contribution is -0.378. The summed E-state index contributed by atoms with van der Waals surface area (Å²) in [6.45, 7) is 0. The number of nitrogens with two attached hydrogens (primary N) is 1. The van der Waals surface area contributed by atoms with Gasteiger partial charge in [0.05, 0.1) is 18.2 Å². The Morgan fingerprint density at radius 2 is 1.95 bits per heavy atom. The Hall–Kier alpha value is -2.89. The first-order valence-corrected chi connectivity index (χ1v) is 5.86. The van der Waals surface area contributed by atoms with Crippen LogP contribution in [0, 0.1) is 0 Å². The molecule has 1 heterocycles. The highest BCUT2D eigenvalue weighted by molar-refractivity contribution is 5.97. The van der Waals surface area contributed by atoms with Gasteiger partial charge in [0.25, 0.3) is 0 Å². The average Bonchev–Trinajstić information content (AvgIpc) is 2.53. The number of nitrogens with one attached hydrogen (secondary N) is 1. The van der Waals surface area contributed by atoms with E-state index in [-0.39, 0.29) is 5.84 Å². The summed E-state index contributed by atoms with van der Waals surface area (Å²) >= 11 is 0. The predicted molar refractivity (Wildman–Crippen MR) is 72.1 cm³/mol. The van der Waals surface area contributed by atoms with Gasteiger partial charge in [-0.2, -0.15) is 0 Å². The van der Waals surface area contributed by atoms with Crippen molar-refractivity contribution in [3.8, 4) is 5.75 Å². The van der Waals surface area contributed by atoms with Crippen molar-refractivity contribution in [2.75, 3.05) is 7.11 Å². The molecule has 1 aromatic heterocycles. The van der Waals surface area contributed by atoms with Crippen molar-refractivity contribution in [2.45, 2.75) is 0 Å². The molecule has 0 aliphatic carbocycles. The molecule has 0 fully saturated rings. The van der Waals surface area contributed by atoms with Crippen LogP contribution in [0.25, 0.3) is 0 Å². The summed E-state index contributed by atoms with van der Waals surface area (Å²) in [5, 5.41) is 3.61. The number of carbonyl (C=O) groups is 1. The molecular formula is C14H14N3O3+. The van der Waals surface area contributed by atoms with Gasteiger partial charge >= 0.3 is 5.97 Å². The van der Waals surface area contributed by atoms with Gasteiger partial charge in [-0.05, 0) is 30.3 Å². The fourth-order valence-corrected chi connectivity index (χ4v) is 1.48. The van der Waals surface area contributed by atoms with Crippen LogP contribution in [0.1, 0.15) is 15.9 Å². The lowest BCUT2D eigenvalue weighted by Gasteiger charge is -2.01. The molecule has 0 atom stereocenters. The van der Waals surface area contributed by atoms with E-state index in [1.165, 1.54) is 0 Å². The van der Waals surface area contributed by atoms with Gasteiger partial charge in [0.1, 0.15) is 5.75 Å². The summed E-state index contributed by atoms with van der Waals surface area (Å²) in [7, 11) is 1.55. The standard InChI is InChI=1S/C14H13N3O3/c1-19-12-6-4-10(5-7-12)14(18)20-17-13(15)11-3-2-8-16-9-11/h2-9H,1H3,(H2,15,17)/p+1. The summed E-state index contributed by atoms with van der Waals surface area (Å²) in [6.07, 6.45) is 3.39. The lowest BCUT2D eigenvalue weighted by Crippen LogP contribution is -2.17. The number of carbonyl (C=O) groups excluding carboxylic acids is 1. The summed E-state index contributed by atoms with van der Waals surface area (Å²) < 4.78 is 5.00. The highest BCUT2D eigenvalue weighted by Crippen LogP contribution is 2.12. The van der Waals surface area contributed by atoms with Crippen molar-refractivity contribution in [3.63, 3.8) is 0 Å². The molecule has 1 aromatic carbocycles. The molecule has 2 aromatic rings. The van der Waals surface area contributed by atoms with Crippen molar-refractivity contribution >= 4 is 11.8 Å². The third-order valence-corrected chi connectivity index (χ3v) is 2.56. The SMILES string of the molecule is COc1ccc(C(=O)ON=C(N)c2ccc[nH+]c2)cc1. The molecule has 0 saturated heterocycles. The zero-order chi connectivity index (χ0) is 14.4. The second-order valence-electron chi connectivity index (χ2n) is 3.88. The number of pyridine rings is 1. The molecule has 3 N–H and O–H groups in total. The van der Waals surface area contributed by atoms with Gasteiger partial charge in [0, 0.05) is 6.07 Å². The molecule has 0 aliphatic heterocycles. The van der Waals surface area contributed by atoms with Crippen LogP contribution in [0.5, 0.6) is 5.75 Å². The number of hydrogen-bond donors (Lipinski definition) is 1. The van der Waals surface area contributed by atoms with E-state index >= 15 is 0 Å². The third kappa shape index (κ3) is 3.32. The van der Waals surface area contributed by atoms with E-state index in [4.69, 9.17) is 15.3 Å². The maximum absolute atomic E-state index is 11.7. The van der Waals surface area contributed by atoms with Crippen molar-refractivity contribution < 1.29 is 19.4 Å². The Bertz CT molecular complexity index is 609. The number of methoxy groups -OCH3 is 1. The van der Waals surface area contributed by atoms with Crippen molar-refractivity contribution in [2.24, 2.45) is 10.9 Å². The summed E-state index contributed by atoms with van der Waals surface area (Å²) in [5.74, 6) is 0.184. The number of H-pyrrole nitrogens is 1. The monoisotopic (exact) mass is 272 g/mol. The summed E-state index contributed by atoms with van der Waals surface area (Å²) in [6, 6.07) is 10.0. The number of benzene rings is 1. The molecular weight excluding hydrogens is 258 g/mol. The largest absolute Gasteiger partial charge is 0.497 e. The Labute approximate surface area is 115 Å². The van der Waals surface area contributed by atoms with Gasteiger partial charge in [0.15, 0.2) is 18.2 Å². The number of oxime groups is 1. The number of rotatable bonds is 4. The molecule has 20 heavy (non-hydrogen) atoms. The molecule has 102 valence electrons. The van der Waals surface area contributed by atoms with Crippen LogP contribution in [0.4, 0.5) is 0 Å². The topological polar surface area (TPSA) is 88.0 Å². The first-order valence-electron chi connectivity index (χ1n) is 5.86. The van der Waals surface area contributed by atoms with Crippen LogP contribution in [0.2, 0.25) is 0 Å². The molecule has 6 nitrogen and oxygen atoms in total. The molecule has 0 radical (unpaired) electrons. The van der Waals surface area contributed by atoms with Gasteiger partial charge < -0.3 is 15.3 Å². The molecule has 0 unspecified atom stereocenters. The van der Waals surface area contributed by atoms with Crippen LogP contribution in [-0.2, 0) is 4.84 Å². The summed E-state index contributed by atoms with van der Waals surface area (Å²) in [5.41, 5.74) is 6.70. The number of nitrogens with zero attached hydrogens (tertiary/aromatic N) is 1. The van der Waals surface area contributed by atoms with Crippen LogP contribution in [-0.4, -0.2) is 18.9 Å². The van der Waals surface area contributed by atoms with Gasteiger partial charge in [-0.1, -0.05) is 5.16 Å². The Morgan fingerprint density at radius 3 is 2.55 bits per heavy atom. The first kappa shape index (κ1) is 13.5. The van der Waals surface area contributed by atoms with Crippen LogP contribution >= 0.6 is 0 Å². The van der Waals surface area contributed by atoms with E-state index < -0.39 is 5.97 Å². The predicted octanol–water partition coefficient (Wildman–Crippen LogP) is 0.987. The quantitative estimate of drug-likeness (QED) is 0.389. The maximum atomic E-state index is 11.7. The van der Waals surface area contributed by atoms with E-state index in [0.29, 0.717) is 16.9 Å². The van der Waals surface area contributed by atoms with Crippen LogP contribution in [0.15, 0.2) is 53.9 Å². The molecule has 2 rings (SSSR count). The average molecular weight is 272 g/mol. The highest BCUT2D eigenvalue weighted by Gasteiger charge is 2.08. The van der Waals surface area contributed by atoms with Crippen molar-refractivity contribution in [1.29, 1.82) is 0 Å². The molecule has 6 heteroatoms. The third-order valence-electron chi connectivity index (χ3n) is 2.56. The van der Waals surface area contributed by atoms with Gasteiger partial charge in [-0.25, -0.2) is 9.78 Å². The van der Waals surface area contributed by atoms with Gasteiger partial charge in [-0.15, -0.1) is 0 Å². The zero-order valence-corrected chi connectivity index (χ0v) is 10.9. The molecule has 0 saturated carbocycles. The fourth-order valence-electron chi connectivity index (χ4n) is 1.48. The minimum Gasteiger partial charge on any atom is -0.497 e. The Morgan fingerprint density at radius 1 is 1.20 bits per heavy atom. The van der Waals surface area contributed by atoms with E-state index in [1.807, 2.05) is 0 Å². The minimum atomic E-state index is -0.587. The number of ether oxygens (including phenoxy) is 1. The number of aromatic nitrogens is 1. The normalized spacial score (nSPS) is 10.9. The Balaban J connectivity index is 2.04. The molecule has 0 spiro atoms. The second-order valence-corrected chi connectivity index (χ2v) is 3.88. The zero-order valence-electron chi connectivity index (χ0n) is 10.9. The number of hydrogen-bond acceptors (Lipinski definition) is 4. The number of amidine groups is 1. The van der Waals surface area contributed by atoms with Crippen molar-refractivity contribution in [1.82, 2.24) is 0 Å². The molecule has 0 aliphatic rings. The highest BCUT2D eigenvalue weighted by atomic mass is 16.7. The van der Waals surface area contributed by atoms with E-state index in [9.17, 15) is 4.79 Å². The van der Waals surface area contributed by atoms with E-state index in [1.54, 1.807) is 55.9 Å². The minimum absolute atomic E-state index is 0.115. The smallest absolute Gasteiger partial charge is 0.365 e. The van der Waals surface area contributed by atoms with Gasteiger partial charge in [-0.3, -0.25) is 0 Å². The fraction of sp³-hybridized carbons (Fsp3) is 0.0714. The lowest BCUT2D eigenvalue weighted by atomic mass is 10.2. The molecule has 0 amide bonds. The number of aromatic amines is 1. The van der Waals surface area contributed by atoms with E-state index in [0.717, 1.165) is 0 Å². The van der Waals surface area contributed by atoms with Gasteiger partial charge in [0.2, 0.25) is 0 Å². The second kappa shape index (κ2) is 6.33. The van der Waals surface area contributed by atoms with E-state index in [2.05, 4.69) is 10.1 Å². The first-order chi connectivity index (χ1) is 9.70. The van der Waals surface area contributed by atoms with Crippen LogP contribution in [0.3, 0.4) is 0 Å². The van der Waals surface area contributed by atoms with Crippen LogP contribution < -0.4 is 15.5 Å². The molecule has 0 bridgehead atoms. The van der Waals surface area contributed by atoms with Crippen molar-refractivity contribution in [3.05, 3.63) is 59.9 Å². The maximum Gasteiger partial charge on any atom is 0.365 e. The summed E-state index contributed by atoms with van der Waals surface area (Å²) in [4.78, 5) is 19.4.